The molecule has 25 heavy (non-hydrogen) atoms. The molecule has 0 fully saturated rings. The van der Waals surface area contributed by atoms with Crippen molar-refractivity contribution in [1.29, 1.82) is 0 Å². The lowest BCUT2D eigenvalue weighted by atomic mass is 10.2. The predicted molar refractivity (Wildman–Crippen MR) is 105 cm³/mol. The molecule has 1 aromatic carbocycles. The number of benzene rings is 1. The van der Waals surface area contributed by atoms with Gasteiger partial charge in [0.05, 0.1) is 4.47 Å². The lowest BCUT2D eigenvalue weighted by Gasteiger charge is -2.06. The van der Waals surface area contributed by atoms with Crippen molar-refractivity contribution in [2.45, 2.75) is 24.8 Å². The van der Waals surface area contributed by atoms with Gasteiger partial charge in [0.1, 0.15) is 5.69 Å². The zero-order chi connectivity index (χ0) is 17.8. The Labute approximate surface area is 162 Å². The molecule has 0 saturated heterocycles. The van der Waals surface area contributed by atoms with Crippen molar-refractivity contribution in [2.75, 3.05) is 5.32 Å². The number of aryl methyl sites for hydroxylation is 2. The number of rotatable bonds is 5. The molecule has 8 heteroatoms. The van der Waals surface area contributed by atoms with Crippen molar-refractivity contribution in [3.05, 3.63) is 62.8 Å². The van der Waals surface area contributed by atoms with Crippen LogP contribution in [0.5, 0.6) is 0 Å². The van der Waals surface area contributed by atoms with Gasteiger partial charge in [0, 0.05) is 23.0 Å². The van der Waals surface area contributed by atoms with E-state index in [-0.39, 0.29) is 5.91 Å². The molecule has 0 aliphatic rings. The van der Waals surface area contributed by atoms with E-state index in [1.807, 2.05) is 13.0 Å². The number of hydrogen-bond acceptors (Lipinski definition) is 6. The molecule has 0 saturated carbocycles. The highest BCUT2D eigenvalue weighted by Crippen LogP contribution is 2.24. The van der Waals surface area contributed by atoms with E-state index in [2.05, 4.69) is 61.3 Å². The molecule has 0 spiro atoms. The minimum absolute atomic E-state index is 0.301. The fourth-order valence-corrected chi connectivity index (χ4v) is 3.89. The molecule has 1 amide bonds. The number of nitrogens with one attached hydrogen (secondary N) is 1. The largest absolute Gasteiger partial charge is 0.296 e. The third-order valence-electron chi connectivity index (χ3n) is 3.23. The third-order valence-corrected chi connectivity index (χ3v) is 5.57. The van der Waals surface area contributed by atoms with Gasteiger partial charge >= 0.3 is 0 Å². The van der Waals surface area contributed by atoms with E-state index in [0.717, 1.165) is 10.6 Å². The smallest absolute Gasteiger partial charge is 0.277 e. The summed E-state index contributed by atoms with van der Waals surface area (Å²) >= 11 is 6.26. The second-order valence-corrected chi connectivity index (χ2v) is 8.39. The summed E-state index contributed by atoms with van der Waals surface area (Å²) in [5, 5.41) is 3.89. The van der Waals surface area contributed by atoms with Crippen molar-refractivity contribution in [2.24, 2.45) is 0 Å². The Kier molecular flexibility index (Phi) is 5.82. The number of halogens is 1. The van der Waals surface area contributed by atoms with Crippen LogP contribution in [0.3, 0.4) is 0 Å². The number of amides is 1. The summed E-state index contributed by atoms with van der Waals surface area (Å²) in [4.78, 5) is 26.3. The fraction of sp³-hybridized carbons (Fsp3) is 0.176. The number of anilines is 1. The first-order valence-electron chi connectivity index (χ1n) is 7.46. The normalized spacial score (nSPS) is 10.7. The molecule has 5 nitrogen and oxygen atoms in total. The Morgan fingerprint density at radius 1 is 1.28 bits per heavy atom. The van der Waals surface area contributed by atoms with Crippen LogP contribution in [0, 0.1) is 13.8 Å². The molecular weight excluding hydrogens is 420 g/mol. The highest BCUT2D eigenvalue weighted by atomic mass is 79.9. The Hall–Kier alpha value is -1.77. The number of thioether (sulfide) groups is 1. The van der Waals surface area contributed by atoms with E-state index in [4.69, 9.17) is 0 Å². The monoisotopic (exact) mass is 434 g/mol. The van der Waals surface area contributed by atoms with Crippen LogP contribution >= 0.6 is 39.0 Å². The highest BCUT2D eigenvalue weighted by molar-refractivity contribution is 9.10. The first kappa shape index (κ1) is 18.0. The number of nitrogens with zero attached hydrogens (tertiary/aromatic N) is 3. The second kappa shape index (κ2) is 8.07. The van der Waals surface area contributed by atoms with E-state index in [1.165, 1.54) is 34.2 Å². The maximum atomic E-state index is 12.4. The van der Waals surface area contributed by atoms with Crippen LogP contribution in [0.15, 0.2) is 46.3 Å². The Morgan fingerprint density at radius 2 is 2.12 bits per heavy atom. The van der Waals surface area contributed by atoms with Gasteiger partial charge in [-0.3, -0.25) is 10.1 Å². The number of hydrogen-bond donors (Lipinski definition) is 1. The molecule has 0 atom stereocenters. The van der Waals surface area contributed by atoms with Gasteiger partial charge in [-0.15, -0.1) is 11.3 Å². The van der Waals surface area contributed by atoms with E-state index < -0.39 is 0 Å². The quantitative estimate of drug-likeness (QED) is 0.458. The standard InChI is InChI=1S/C17H15BrN4OS2/c1-10-4-3-5-12(6-10)9-24-16-20-8-13(18)14(21-16)15(23)22-17-19-7-11(2)25-17/h3-8H,9H2,1-2H3,(H,19,22,23). The van der Waals surface area contributed by atoms with Crippen molar-refractivity contribution < 1.29 is 4.79 Å². The molecule has 128 valence electrons. The summed E-state index contributed by atoms with van der Waals surface area (Å²) < 4.78 is 0.554. The van der Waals surface area contributed by atoms with Crippen molar-refractivity contribution >= 4 is 50.1 Å². The molecule has 1 N–H and O–H groups in total. The van der Waals surface area contributed by atoms with Crippen LogP contribution in [0.1, 0.15) is 26.5 Å². The molecule has 0 aliphatic heterocycles. The lowest BCUT2D eigenvalue weighted by molar-refractivity contribution is 0.102. The van der Waals surface area contributed by atoms with Crippen molar-refractivity contribution in [1.82, 2.24) is 15.0 Å². The molecular formula is C17H15BrN4OS2. The van der Waals surface area contributed by atoms with E-state index in [9.17, 15) is 4.79 Å². The summed E-state index contributed by atoms with van der Waals surface area (Å²) in [5.74, 6) is 0.441. The molecule has 2 heterocycles. The average molecular weight is 435 g/mol. The lowest BCUT2D eigenvalue weighted by Crippen LogP contribution is -2.15. The summed E-state index contributed by atoms with van der Waals surface area (Å²) in [5.41, 5.74) is 2.71. The Morgan fingerprint density at radius 3 is 2.84 bits per heavy atom. The van der Waals surface area contributed by atoms with Crippen LogP contribution in [0.4, 0.5) is 5.13 Å². The summed E-state index contributed by atoms with van der Waals surface area (Å²) in [6.07, 6.45) is 3.33. The highest BCUT2D eigenvalue weighted by Gasteiger charge is 2.15. The van der Waals surface area contributed by atoms with E-state index in [0.29, 0.717) is 20.5 Å². The van der Waals surface area contributed by atoms with Crippen molar-refractivity contribution in [3.8, 4) is 0 Å². The molecule has 0 unspecified atom stereocenters. The molecule has 3 rings (SSSR count). The topological polar surface area (TPSA) is 67.8 Å². The second-order valence-electron chi connectivity index (χ2n) is 5.36. The van der Waals surface area contributed by atoms with Gasteiger partial charge < -0.3 is 0 Å². The molecule has 0 radical (unpaired) electrons. The van der Waals surface area contributed by atoms with Crippen LogP contribution in [-0.4, -0.2) is 20.9 Å². The first-order chi connectivity index (χ1) is 12.0. The van der Waals surface area contributed by atoms with Crippen molar-refractivity contribution in [3.63, 3.8) is 0 Å². The zero-order valence-corrected chi connectivity index (χ0v) is 16.8. The Balaban J connectivity index is 1.72. The predicted octanol–water partition coefficient (Wildman–Crippen LogP) is 4.86. The first-order valence-corrected chi connectivity index (χ1v) is 10.1. The molecule has 2 aromatic heterocycles. The van der Waals surface area contributed by atoms with Crippen LogP contribution in [0.2, 0.25) is 0 Å². The molecule has 0 bridgehead atoms. The minimum atomic E-state index is -0.305. The average Bonchev–Trinajstić information content (AvgIpc) is 2.99. The summed E-state index contributed by atoms with van der Waals surface area (Å²) in [6.45, 7) is 4.00. The minimum Gasteiger partial charge on any atom is -0.296 e. The number of carbonyl (C=O) groups excluding carboxylic acids is 1. The number of thiazole rings is 1. The maximum absolute atomic E-state index is 12.4. The van der Waals surface area contributed by atoms with Gasteiger partial charge in [-0.2, -0.15) is 0 Å². The van der Waals surface area contributed by atoms with Gasteiger partial charge in [-0.1, -0.05) is 41.6 Å². The van der Waals surface area contributed by atoms with Gasteiger partial charge in [0.15, 0.2) is 10.3 Å². The maximum Gasteiger partial charge on any atom is 0.277 e. The van der Waals surface area contributed by atoms with E-state index >= 15 is 0 Å². The molecule has 0 aliphatic carbocycles. The van der Waals surface area contributed by atoms with Gasteiger partial charge in [0.25, 0.3) is 5.91 Å². The van der Waals surface area contributed by atoms with Crippen LogP contribution in [0.25, 0.3) is 0 Å². The van der Waals surface area contributed by atoms with Gasteiger partial charge in [0.2, 0.25) is 0 Å². The number of aromatic nitrogens is 3. The third kappa shape index (κ3) is 4.87. The van der Waals surface area contributed by atoms with E-state index in [1.54, 1.807) is 12.4 Å². The SMILES string of the molecule is Cc1cccc(CSc2ncc(Br)c(C(=O)Nc3ncc(C)s3)n2)c1. The number of carbonyl (C=O) groups is 1. The van der Waals surface area contributed by atoms with Crippen LogP contribution < -0.4 is 5.32 Å². The molecule has 3 aromatic rings. The van der Waals surface area contributed by atoms with Gasteiger partial charge in [-0.05, 0) is 35.3 Å². The summed E-state index contributed by atoms with van der Waals surface area (Å²) in [6, 6.07) is 8.29. The zero-order valence-electron chi connectivity index (χ0n) is 13.6. The van der Waals surface area contributed by atoms with Gasteiger partial charge in [-0.25, -0.2) is 15.0 Å². The van der Waals surface area contributed by atoms with Crippen LogP contribution in [-0.2, 0) is 5.75 Å². The fourth-order valence-electron chi connectivity index (χ4n) is 2.10. The Bertz CT molecular complexity index is 913. The summed E-state index contributed by atoms with van der Waals surface area (Å²) in [7, 11) is 0.